The number of nitrogens with zero attached hydrogens (tertiary/aromatic N) is 2. The Bertz CT molecular complexity index is 1020. The lowest BCUT2D eigenvalue weighted by atomic mass is 9.93. The van der Waals surface area contributed by atoms with Gasteiger partial charge in [-0.05, 0) is 37.5 Å². The Morgan fingerprint density at radius 3 is 1.97 bits per heavy atom. The Kier molecular flexibility index (Phi) is 7.14. The molecule has 0 saturated carbocycles. The molecule has 3 aromatic rings. The molecular weight excluding hydrogens is 408 g/mol. The molecule has 0 aromatic heterocycles. The molecule has 4 nitrogen and oxygen atoms in total. The molecule has 1 heterocycles. The van der Waals surface area contributed by atoms with Crippen LogP contribution >= 0.6 is 0 Å². The molecule has 3 aromatic carbocycles. The highest BCUT2D eigenvalue weighted by Crippen LogP contribution is 2.34. The number of hydrogen-bond acceptors (Lipinski definition) is 3. The van der Waals surface area contributed by atoms with Crippen LogP contribution in [0.2, 0.25) is 0 Å². The minimum absolute atomic E-state index is 0.0196. The van der Waals surface area contributed by atoms with Gasteiger partial charge in [0.15, 0.2) is 0 Å². The van der Waals surface area contributed by atoms with Gasteiger partial charge in [-0.15, -0.1) is 0 Å². The second-order valence-electron chi connectivity index (χ2n) is 9.86. The van der Waals surface area contributed by atoms with Gasteiger partial charge in [-0.3, -0.25) is 9.80 Å². The molecule has 1 saturated heterocycles. The van der Waals surface area contributed by atoms with Gasteiger partial charge in [0.05, 0.1) is 6.04 Å². The molecule has 0 spiro atoms. The molecular formula is C29H34N2O2. The number of hydrogen-bond donors (Lipinski definition) is 0. The highest BCUT2D eigenvalue weighted by atomic mass is 16.6. The van der Waals surface area contributed by atoms with E-state index in [1.807, 2.05) is 56.0 Å². The number of carbonyl (C=O) groups excluding carboxylic acids is 1. The van der Waals surface area contributed by atoms with Crippen LogP contribution < -0.4 is 0 Å². The minimum Gasteiger partial charge on any atom is -0.444 e. The first-order chi connectivity index (χ1) is 15.9. The lowest BCUT2D eigenvalue weighted by Gasteiger charge is -2.34. The summed E-state index contributed by atoms with van der Waals surface area (Å²) in [4.78, 5) is 17.9. The van der Waals surface area contributed by atoms with Gasteiger partial charge >= 0.3 is 6.09 Å². The van der Waals surface area contributed by atoms with Crippen molar-refractivity contribution in [2.75, 3.05) is 13.1 Å². The summed E-state index contributed by atoms with van der Waals surface area (Å²) >= 11 is 0. The van der Waals surface area contributed by atoms with Gasteiger partial charge in [-0.25, -0.2) is 4.79 Å². The summed E-state index contributed by atoms with van der Waals surface area (Å²) in [6.07, 6.45) is -0.251. The summed E-state index contributed by atoms with van der Waals surface area (Å²) in [6.45, 7) is 8.89. The standard InChI is InChI=1S/C29H34N2O2/c1-29(2,3)33-28(32)31(20-24-15-9-5-10-16-24)27-22-30(19-23-13-7-4-8-14-23)21-26(27)25-17-11-6-12-18-25/h4-18,26-27H,19-22H2,1-3H3/t26-,27-/m0/s1. The van der Waals surface area contributed by atoms with Crippen molar-refractivity contribution >= 4 is 6.09 Å². The van der Waals surface area contributed by atoms with E-state index in [1.165, 1.54) is 11.1 Å². The quantitative estimate of drug-likeness (QED) is 0.463. The van der Waals surface area contributed by atoms with Gasteiger partial charge in [0.1, 0.15) is 5.60 Å². The molecule has 4 heteroatoms. The third-order valence-electron chi connectivity index (χ3n) is 6.07. The monoisotopic (exact) mass is 442 g/mol. The topological polar surface area (TPSA) is 32.8 Å². The van der Waals surface area contributed by atoms with Crippen molar-refractivity contribution in [2.24, 2.45) is 0 Å². The van der Waals surface area contributed by atoms with Gasteiger partial charge in [0.2, 0.25) is 0 Å². The molecule has 0 unspecified atom stereocenters. The average Bonchev–Trinajstić information content (AvgIpc) is 3.21. The third kappa shape index (κ3) is 6.23. The van der Waals surface area contributed by atoms with Crippen molar-refractivity contribution < 1.29 is 9.53 Å². The SMILES string of the molecule is CC(C)(C)OC(=O)N(Cc1ccccc1)[C@H]1CN(Cc2ccccc2)C[C@H]1c1ccccc1. The van der Waals surface area contributed by atoms with Gasteiger partial charge < -0.3 is 4.74 Å². The van der Waals surface area contributed by atoms with Gasteiger partial charge in [-0.1, -0.05) is 91.0 Å². The van der Waals surface area contributed by atoms with E-state index in [0.717, 1.165) is 25.2 Å². The van der Waals surface area contributed by atoms with Crippen LogP contribution in [-0.2, 0) is 17.8 Å². The highest BCUT2D eigenvalue weighted by molar-refractivity contribution is 5.69. The Balaban J connectivity index is 1.65. The van der Waals surface area contributed by atoms with Crippen LogP contribution in [0.5, 0.6) is 0 Å². The Labute approximate surface area is 197 Å². The van der Waals surface area contributed by atoms with Crippen molar-refractivity contribution in [3.63, 3.8) is 0 Å². The molecule has 33 heavy (non-hydrogen) atoms. The van der Waals surface area contributed by atoms with Crippen LogP contribution in [-0.4, -0.2) is 40.6 Å². The van der Waals surface area contributed by atoms with Crippen LogP contribution in [0.25, 0.3) is 0 Å². The largest absolute Gasteiger partial charge is 0.444 e. The summed E-state index contributed by atoms with van der Waals surface area (Å²) in [5.74, 6) is 0.214. The first kappa shape index (κ1) is 23.1. The van der Waals surface area contributed by atoms with E-state index >= 15 is 0 Å². The maximum Gasteiger partial charge on any atom is 0.410 e. The van der Waals surface area contributed by atoms with E-state index in [-0.39, 0.29) is 18.1 Å². The number of carbonyl (C=O) groups is 1. The van der Waals surface area contributed by atoms with E-state index in [4.69, 9.17) is 4.74 Å². The van der Waals surface area contributed by atoms with Crippen molar-refractivity contribution in [3.8, 4) is 0 Å². The highest BCUT2D eigenvalue weighted by Gasteiger charge is 2.40. The van der Waals surface area contributed by atoms with Crippen molar-refractivity contribution in [3.05, 3.63) is 108 Å². The zero-order valence-electron chi connectivity index (χ0n) is 19.9. The lowest BCUT2D eigenvalue weighted by Crippen LogP contribution is -2.46. The smallest absolute Gasteiger partial charge is 0.410 e. The first-order valence-electron chi connectivity index (χ1n) is 11.7. The Morgan fingerprint density at radius 1 is 0.848 bits per heavy atom. The van der Waals surface area contributed by atoms with Gasteiger partial charge in [-0.2, -0.15) is 0 Å². The summed E-state index contributed by atoms with van der Waals surface area (Å²) in [7, 11) is 0. The average molecular weight is 443 g/mol. The molecule has 0 aliphatic carbocycles. The fourth-order valence-corrected chi connectivity index (χ4v) is 4.60. The fraction of sp³-hybridized carbons (Fsp3) is 0.345. The van der Waals surface area contributed by atoms with E-state index in [0.29, 0.717) is 6.54 Å². The number of amides is 1. The summed E-state index contributed by atoms with van der Waals surface area (Å²) in [5.41, 5.74) is 3.12. The predicted octanol–water partition coefficient (Wildman–Crippen LogP) is 6.09. The third-order valence-corrected chi connectivity index (χ3v) is 6.07. The summed E-state index contributed by atoms with van der Waals surface area (Å²) in [5, 5.41) is 0. The molecule has 1 fully saturated rings. The fourth-order valence-electron chi connectivity index (χ4n) is 4.60. The Morgan fingerprint density at radius 2 is 1.39 bits per heavy atom. The van der Waals surface area contributed by atoms with Crippen molar-refractivity contribution in [1.82, 2.24) is 9.80 Å². The van der Waals surface area contributed by atoms with Crippen LogP contribution in [0.1, 0.15) is 43.4 Å². The van der Waals surface area contributed by atoms with Crippen LogP contribution in [0.4, 0.5) is 4.79 Å². The molecule has 2 atom stereocenters. The zero-order valence-corrected chi connectivity index (χ0v) is 19.9. The summed E-state index contributed by atoms with van der Waals surface area (Å²) in [6, 6.07) is 31.3. The molecule has 1 aliphatic heterocycles. The van der Waals surface area contributed by atoms with Crippen molar-refractivity contribution in [2.45, 2.75) is 51.4 Å². The molecule has 1 aliphatic rings. The molecule has 0 radical (unpaired) electrons. The zero-order chi connectivity index (χ0) is 23.3. The van der Waals surface area contributed by atoms with E-state index in [1.54, 1.807) is 0 Å². The Hall–Kier alpha value is -3.11. The molecule has 172 valence electrons. The molecule has 1 amide bonds. The van der Waals surface area contributed by atoms with E-state index in [2.05, 4.69) is 65.6 Å². The molecule has 0 bridgehead atoms. The number of likely N-dealkylation sites (tertiary alicyclic amines) is 1. The van der Waals surface area contributed by atoms with Gasteiger partial charge in [0, 0.05) is 32.1 Å². The molecule has 4 rings (SSSR count). The van der Waals surface area contributed by atoms with Crippen molar-refractivity contribution in [1.29, 1.82) is 0 Å². The lowest BCUT2D eigenvalue weighted by molar-refractivity contribution is 0.0133. The number of benzene rings is 3. The normalized spacial score (nSPS) is 18.8. The number of ether oxygens (including phenoxy) is 1. The molecule has 0 N–H and O–H groups in total. The second kappa shape index (κ2) is 10.2. The van der Waals surface area contributed by atoms with E-state index in [9.17, 15) is 4.79 Å². The van der Waals surface area contributed by atoms with Gasteiger partial charge in [0.25, 0.3) is 0 Å². The van der Waals surface area contributed by atoms with Crippen LogP contribution in [0.15, 0.2) is 91.0 Å². The minimum atomic E-state index is -0.545. The van der Waals surface area contributed by atoms with Crippen LogP contribution in [0.3, 0.4) is 0 Å². The second-order valence-corrected chi connectivity index (χ2v) is 9.86. The number of rotatable bonds is 6. The van der Waals surface area contributed by atoms with E-state index < -0.39 is 5.60 Å². The van der Waals surface area contributed by atoms with Crippen LogP contribution in [0, 0.1) is 0 Å². The first-order valence-corrected chi connectivity index (χ1v) is 11.7. The predicted molar refractivity (Wildman–Crippen MR) is 133 cm³/mol. The maximum absolute atomic E-state index is 13.5. The maximum atomic E-state index is 13.5. The summed E-state index contributed by atoms with van der Waals surface area (Å²) < 4.78 is 5.89.